The van der Waals surface area contributed by atoms with Gasteiger partial charge in [0.1, 0.15) is 11.5 Å². The van der Waals surface area contributed by atoms with Crippen molar-refractivity contribution in [2.24, 2.45) is 0 Å². The molecule has 1 N–H and O–H groups in total. The van der Waals surface area contributed by atoms with Crippen LogP contribution in [0, 0.1) is 19.7 Å². The van der Waals surface area contributed by atoms with Gasteiger partial charge in [-0.05, 0) is 82.1 Å². The number of hydrogen-bond donors (Lipinski definition) is 1. The van der Waals surface area contributed by atoms with Gasteiger partial charge in [0.15, 0.2) is 0 Å². The second kappa shape index (κ2) is 6.99. The minimum atomic E-state index is -0.379. The molecule has 1 aromatic heterocycles. The number of aromatic nitrogens is 2. The fourth-order valence-electron chi connectivity index (χ4n) is 2.77. The van der Waals surface area contributed by atoms with Crippen LogP contribution in [0.3, 0.4) is 0 Å². The lowest BCUT2D eigenvalue weighted by molar-refractivity contribution is 0.0911. The predicted octanol–water partition coefficient (Wildman–Crippen LogP) is 4.82. The Morgan fingerprint density at radius 3 is 2.26 bits per heavy atom. The van der Waals surface area contributed by atoms with Gasteiger partial charge in [-0.3, -0.25) is 4.79 Å². The predicted molar refractivity (Wildman–Crippen MR) is 106 cm³/mol. The van der Waals surface area contributed by atoms with Crippen LogP contribution in [-0.4, -0.2) is 21.2 Å². The number of hydrogen-bond acceptors (Lipinski definition) is 2. The molecule has 1 heterocycles. The van der Waals surface area contributed by atoms with Crippen molar-refractivity contribution < 1.29 is 9.18 Å². The molecule has 5 heteroatoms. The van der Waals surface area contributed by atoms with Crippen molar-refractivity contribution >= 4 is 5.91 Å². The van der Waals surface area contributed by atoms with Gasteiger partial charge in [0.25, 0.3) is 5.91 Å². The largest absolute Gasteiger partial charge is 0.346 e. The zero-order valence-electron chi connectivity index (χ0n) is 16.3. The normalized spacial score (nSPS) is 11.5. The molecule has 0 radical (unpaired) electrons. The van der Waals surface area contributed by atoms with Crippen LogP contribution >= 0.6 is 0 Å². The Morgan fingerprint density at radius 1 is 1.00 bits per heavy atom. The minimum Gasteiger partial charge on any atom is -0.346 e. The first-order chi connectivity index (χ1) is 12.6. The molecular weight excluding hydrogens is 341 g/mol. The van der Waals surface area contributed by atoms with Gasteiger partial charge in [-0.2, -0.15) is 5.10 Å². The lowest BCUT2D eigenvalue weighted by Crippen LogP contribution is -2.41. The Morgan fingerprint density at radius 2 is 1.67 bits per heavy atom. The summed E-state index contributed by atoms with van der Waals surface area (Å²) < 4.78 is 14.9. The van der Waals surface area contributed by atoms with Gasteiger partial charge in [-0.15, -0.1) is 0 Å². The van der Waals surface area contributed by atoms with E-state index in [1.807, 2.05) is 39.8 Å². The van der Waals surface area contributed by atoms with Crippen LogP contribution < -0.4 is 5.32 Å². The fraction of sp³-hybridized carbons (Fsp3) is 0.273. The molecule has 0 atom stereocenters. The van der Waals surface area contributed by atoms with Crippen molar-refractivity contribution in [2.75, 3.05) is 0 Å². The van der Waals surface area contributed by atoms with Crippen molar-refractivity contribution in [1.82, 2.24) is 15.1 Å². The molecule has 0 saturated carbocycles. The maximum Gasteiger partial charge on any atom is 0.270 e. The highest BCUT2D eigenvalue weighted by Crippen LogP contribution is 2.24. The van der Waals surface area contributed by atoms with Gasteiger partial charge in [-0.1, -0.05) is 12.1 Å². The summed E-state index contributed by atoms with van der Waals surface area (Å²) in [6, 6.07) is 13.8. The van der Waals surface area contributed by atoms with Gasteiger partial charge in [0.05, 0.1) is 11.4 Å². The van der Waals surface area contributed by atoms with Gasteiger partial charge < -0.3 is 5.32 Å². The Hall–Kier alpha value is -2.95. The average Bonchev–Trinajstić information content (AvgIpc) is 3.02. The third kappa shape index (κ3) is 4.25. The van der Waals surface area contributed by atoms with Gasteiger partial charge in [0.2, 0.25) is 0 Å². The van der Waals surface area contributed by atoms with Crippen LogP contribution in [0.1, 0.15) is 42.4 Å². The highest BCUT2D eigenvalue weighted by atomic mass is 19.1. The van der Waals surface area contributed by atoms with E-state index < -0.39 is 0 Å². The number of aryl methyl sites for hydroxylation is 2. The van der Waals surface area contributed by atoms with Gasteiger partial charge in [0, 0.05) is 11.1 Å². The molecule has 3 aromatic rings. The molecule has 0 aliphatic heterocycles. The lowest BCUT2D eigenvalue weighted by Gasteiger charge is -2.20. The van der Waals surface area contributed by atoms with Crippen LogP contribution in [0.2, 0.25) is 0 Å². The third-order valence-electron chi connectivity index (χ3n) is 4.30. The summed E-state index contributed by atoms with van der Waals surface area (Å²) in [5.74, 6) is -0.560. The van der Waals surface area contributed by atoms with Crippen LogP contribution in [0.15, 0.2) is 48.5 Å². The summed E-state index contributed by atoms with van der Waals surface area (Å²) in [6.45, 7) is 9.87. The number of carbonyl (C=O) groups is 1. The van der Waals surface area contributed by atoms with Gasteiger partial charge >= 0.3 is 0 Å². The number of nitrogens with zero attached hydrogens (tertiary/aromatic N) is 2. The first-order valence-electron chi connectivity index (χ1n) is 8.90. The molecule has 0 aliphatic carbocycles. The Kier molecular flexibility index (Phi) is 4.87. The van der Waals surface area contributed by atoms with E-state index >= 15 is 0 Å². The molecule has 4 nitrogen and oxygen atoms in total. The van der Waals surface area contributed by atoms with Crippen molar-refractivity contribution in [3.05, 3.63) is 71.2 Å². The van der Waals surface area contributed by atoms with E-state index in [1.165, 1.54) is 17.7 Å². The molecular formula is C22H24FN3O. The Bertz CT molecular complexity index is 982. The number of nitrogens with one attached hydrogen (secondary N) is 1. The van der Waals surface area contributed by atoms with Crippen LogP contribution in [-0.2, 0) is 0 Å². The summed E-state index contributed by atoms with van der Waals surface area (Å²) in [5.41, 5.74) is 4.64. The summed E-state index contributed by atoms with van der Waals surface area (Å²) in [4.78, 5) is 12.8. The van der Waals surface area contributed by atoms with Crippen molar-refractivity contribution in [3.8, 4) is 16.9 Å². The molecule has 0 aliphatic rings. The van der Waals surface area contributed by atoms with Crippen LogP contribution in [0.4, 0.5) is 4.39 Å². The summed E-state index contributed by atoms with van der Waals surface area (Å²) in [6.07, 6.45) is 0. The summed E-state index contributed by atoms with van der Waals surface area (Å²) in [7, 11) is 0. The monoisotopic (exact) mass is 365 g/mol. The van der Waals surface area contributed by atoms with Crippen molar-refractivity contribution in [2.45, 2.75) is 40.2 Å². The molecule has 27 heavy (non-hydrogen) atoms. The lowest BCUT2D eigenvalue weighted by atomic mass is 10.0. The van der Waals surface area contributed by atoms with Crippen LogP contribution in [0.5, 0.6) is 0 Å². The molecule has 0 bridgehead atoms. The molecule has 140 valence electrons. The second-order valence-electron chi connectivity index (χ2n) is 7.81. The molecule has 0 unspecified atom stereocenters. The summed E-state index contributed by atoms with van der Waals surface area (Å²) in [5, 5.41) is 7.60. The smallest absolute Gasteiger partial charge is 0.270 e. The van der Waals surface area contributed by atoms with E-state index in [1.54, 1.807) is 22.9 Å². The van der Waals surface area contributed by atoms with E-state index in [9.17, 15) is 9.18 Å². The molecule has 0 saturated heterocycles. The van der Waals surface area contributed by atoms with Gasteiger partial charge in [-0.25, -0.2) is 9.07 Å². The zero-order chi connectivity index (χ0) is 19.8. The summed E-state index contributed by atoms with van der Waals surface area (Å²) >= 11 is 0. The second-order valence-corrected chi connectivity index (χ2v) is 7.81. The zero-order valence-corrected chi connectivity index (χ0v) is 16.3. The number of benzene rings is 2. The third-order valence-corrected chi connectivity index (χ3v) is 4.30. The maximum absolute atomic E-state index is 13.3. The molecule has 0 fully saturated rings. The average molecular weight is 365 g/mol. The minimum absolute atomic E-state index is 0.227. The van der Waals surface area contributed by atoms with E-state index in [-0.39, 0.29) is 17.3 Å². The number of rotatable bonds is 3. The fourth-order valence-corrected chi connectivity index (χ4v) is 2.77. The quantitative estimate of drug-likeness (QED) is 0.723. The molecule has 3 rings (SSSR count). The SMILES string of the molecule is Cc1ccc(-c2cc(C(=O)NC(C)(C)C)n(-c3ccc(F)cc3)n2)cc1C. The number of carbonyl (C=O) groups excluding carboxylic acids is 1. The van der Waals surface area contributed by atoms with Crippen LogP contribution in [0.25, 0.3) is 16.9 Å². The number of amides is 1. The maximum atomic E-state index is 13.3. The van der Waals surface area contributed by atoms with E-state index in [2.05, 4.69) is 23.4 Å². The first-order valence-corrected chi connectivity index (χ1v) is 8.90. The highest BCUT2D eigenvalue weighted by molar-refractivity contribution is 5.94. The Balaban J connectivity index is 2.11. The van der Waals surface area contributed by atoms with E-state index in [4.69, 9.17) is 0 Å². The van der Waals surface area contributed by atoms with E-state index in [0.29, 0.717) is 17.1 Å². The molecule has 2 aromatic carbocycles. The number of halogens is 1. The molecule has 1 amide bonds. The van der Waals surface area contributed by atoms with Crippen molar-refractivity contribution in [3.63, 3.8) is 0 Å². The van der Waals surface area contributed by atoms with E-state index in [0.717, 1.165) is 11.1 Å². The molecule has 0 spiro atoms. The highest BCUT2D eigenvalue weighted by Gasteiger charge is 2.22. The standard InChI is InChI=1S/C22H24FN3O/c1-14-6-7-16(12-15(14)2)19-13-20(21(27)24-22(3,4)5)26(25-19)18-10-8-17(23)9-11-18/h6-13H,1-5H3,(H,24,27). The topological polar surface area (TPSA) is 46.9 Å². The first kappa shape index (κ1) is 18.8. The van der Waals surface area contributed by atoms with Crippen molar-refractivity contribution in [1.29, 1.82) is 0 Å². The Labute approximate surface area is 159 Å².